The normalized spacial score (nSPS) is 12.2. The molecule has 0 bridgehead atoms. The van der Waals surface area contributed by atoms with Gasteiger partial charge in [0.25, 0.3) is 0 Å². The molecule has 0 saturated heterocycles. The number of oxazole rings is 1. The summed E-state index contributed by atoms with van der Waals surface area (Å²) < 4.78 is 11.5. The Bertz CT molecular complexity index is 1000. The lowest BCUT2D eigenvalue weighted by molar-refractivity contribution is 0.180. The first-order valence-electron chi connectivity index (χ1n) is 10.9. The first-order chi connectivity index (χ1) is 15.4. The van der Waals surface area contributed by atoms with Gasteiger partial charge in [-0.2, -0.15) is 0 Å². The monoisotopic (exact) mass is 564 g/mol. The largest absolute Gasteiger partial charge is 0.491 e. The number of nitrogens with zero attached hydrogens (tertiary/aromatic N) is 2. The summed E-state index contributed by atoms with van der Waals surface area (Å²) in [6.07, 6.45) is 1.15. The molecule has 0 radical (unpaired) electrons. The van der Waals surface area contributed by atoms with Crippen molar-refractivity contribution in [2.24, 2.45) is 4.99 Å². The summed E-state index contributed by atoms with van der Waals surface area (Å²) in [4.78, 5) is 8.85. The Hall–Kier alpha value is -2.59. The van der Waals surface area contributed by atoms with E-state index < -0.39 is 6.10 Å². The van der Waals surface area contributed by atoms with Crippen LogP contribution >= 0.6 is 24.0 Å². The predicted octanol–water partition coefficient (Wildman–Crippen LogP) is 4.84. The fourth-order valence-electron chi connectivity index (χ4n) is 3.07. The molecule has 7 nitrogen and oxygen atoms in total. The maximum absolute atomic E-state index is 10.5. The summed E-state index contributed by atoms with van der Waals surface area (Å²) in [6, 6.07) is 15.6. The van der Waals surface area contributed by atoms with Gasteiger partial charge in [-0.15, -0.1) is 24.0 Å². The third kappa shape index (κ3) is 8.36. The van der Waals surface area contributed by atoms with Gasteiger partial charge in [-0.05, 0) is 45.4 Å². The smallest absolute Gasteiger partial charge is 0.216 e. The van der Waals surface area contributed by atoms with Crippen molar-refractivity contribution in [2.45, 2.75) is 46.4 Å². The first-order valence-corrected chi connectivity index (χ1v) is 10.9. The predicted molar refractivity (Wildman–Crippen MR) is 142 cm³/mol. The van der Waals surface area contributed by atoms with Gasteiger partial charge in [0.2, 0.25) is 5.89 Å². The highest BCUT2D eigenvalue weighted by atomic mass is 127. The maximum atomic E-state index is 10.5. The molecule has 0 saturated carbocycles. The van der Waals surface area contributed by atoms with E-state index >= 15 is 0 Å². The number of hydrogen-bond donors (Lipinski definition) is 3. The van der Waals surface area contributed by atoms with Crippen LogP contribution in [-0.4, -0.2) is 35.2 Å². The molecule has 0 aliphatic carbocycles. The van der Waals surface area contributed by atoms with Gasteiger partial charge in [-0.1, -0.05) is 42.0 Å². The summed E-state index contributed by atoms with van der Waals surface area (Å²) in [5.74, 6) is 2.61. The van der Waals surface area contributed by atoms with Gasteiger partial charge in [0, 0.05) is 18.7 Å². The quantitative estimate of drug-likeness (QED) is 0.196. The van der Waals surface area contributed by atoms with Crippen LogP contribution in [0.2, 0.25) is 0 Å². The summed E-state index contributed by atoms with van der Waals surface area (Å²) in [7, 11) is 0. The second kappa shape index (κ2) is 13.2. The van der Waals surface area contributed by atoms with Gasteiger partial charge < -0.3 is 24.9 Å². The molecule has 3 aromatic rings. The van der Waals surface area contributed by atoms with Crippen LogP contribution in [0.1, 0.15) is 43.9 Å². The number of benzene rings is 2. The van der Waals surface area contributed by atoms with E-state index in [1.54, 1.807) is 6.20 Å². The lowest BCUT2D eigenvalue weighted by Crippen LogP contribution is -2.39. The van der Waals surface area contributed by atoms with E-state index in [4.69, 9.17) is 9.15 Å². The van der Waals surface area contributed by atoms with Crippen molar-refractivity contribution in [3.63, 3.8) is 0 Å². The number of aliphatic hydroxyl groups is 1. The minimum Gasteiger partial charge on any atom is -0.491 e. The number of halogens is 1. The third-order valence-electron chi connectivity index (χ3n) is 4.71. The fraction of sp³-hybridized carbons (Fsp3) is 0.360. The Balaban J connectivity index is 0.00000385. The van der Waals surface area contributed by atoms with Crippen molar-refractivity contribution >= 4 is 29.9 Å². The molecular formula is C25H33IN4O3. The molecule has 0 fully saturated rings. The van der Waals surface area contributed by atoms with Crippen molar-refractivity contribution in [3.05, 3.63) is 71.7 Å². The Kier molecular flexibility index (Phi) is 10.7. The van der Waals surface area contributed by atoms with E-state index in [-0.39, 0.29) is 30.1 Å². The number of aliphatic imine (C=N–C) groups is 1. The number of aliphatic hydroxyl groups excluding tert-OH is 1. The van der Waals surface area contributed by atoms with Crippen LogP contribution in [0.3, 0.4) is 0 Å². The molecule has 178 valence electrons. The Morgan fingerprint density at radius 1 is 1.09 bits per heavy atom. The Labute approximate surface area is 212 Å². The first kappa shape index (κ1) is 26.7. The van der Waals surface area contributed by atoms with E-state index in [0.717, 1.165) is 16.9 Å². The summed E-state index contributed by atoms with van der Waals surface area (Å²) in [5.41, 5.74) is 2.98. The highest BCUT2D eigenvalue weighted by molar-refractivity contribution is 14.0. The molecule has 0 aliphatic heterocycles. The van der Waals surface area contributed by atoms with Crippen molar-refractivity contribution in [1.29, 1.82) is 0 Å². The van der Waals surface area contributed by atoms with Crippen LogP contribution in [0.25, 0.3) is 11.3 Å². The van der Waals surface area contributed by atoms with Crippen molar-refractivity contribution in [3.8, 4) is 17.1 Å². The second-order valence-corrected chi connectivity index (χ2v) is 7.81. The number of guanidine groups is 1. The van der Waals surface area contributed by atoms with Crippen LogP contribution < -0.4 is 15.4 Å². The maximum Gasteiger partial charge on any atom is 0.216 e. The Morgan fingerprint density at radius 2 is 1.79 bits per heavy atom. The molecule has 33 heavy (non-hydrogen) atoms. The van der Waals surface area contributed by atoms with Crippen molar-refractivity contribution < 1.29 is 14.3 Å². The zero-order chi connectivity index (χ0) is 22.9. The highest BCUT2D eigenvalue weighted by Gasteiger charge is 2.10. The minimum absolute atomic E-state index is 0. The van der Waals surface area contributed by atoms with Crippen LogP contribution in [0.15, 0.2) is 64.1 Å². The summed E-state index contributed by atoms with van der Waals surface area (Å²) in [6.45, 7) is 9.30. The van der Waals surface area contributed by atoms with Gasteiger partial charge in [0.1, 0.15) is 12.3 Å². The number of aromatic nitrogens is 1. The molecule has 2 aromatic carbocycles. The zero-order valence-electron chi connectivity index (χ0n) is 19.5. The molecule has 3 rings (SSSR count). The van der Waals surface area contributed by atoms with E-state index in [0.29, 0.717) is 37.2 Å². The number of rotatable bonds is 9. The van der Waals surface area contributed by atoms with E-state index in [9.17, 15) is 5.11 Å². The van der Waals surface area contributed by atoms with Crippen molar-refractivity contribution in [1.82, 2.24) is 15.6 Å². The number of hydrogen-bond acceptors (Lipinski definition) is 5. The molecule has 0 aliphatic rings. The molecule has 0 spiro atoms. The minimum atomic E-state index is -0.679. The zero-order valence-corrected chi connectivity index (χ0v) is 21.9. The van der Waals surface area contributed by atoms with Gasteiger partial charge in [0.05, 0.1) is 18.4 Å². The van der Waals surface area contributed by atoms with Crippen LogP contribution in [0, 0.1) is 6.92 Å². The topological polar surface area (TPSA) is 91.9 Å². The Morgan fingerprint density at radius 3 is 2.42 bits per heavy atom. The van der Waals surface area contributed by atoms with Gasteiger partial charge in [0.15, 0.2) is 11.7 Å². The molecule has 8 heteroatoms. The second-order valence-electron chi connectivity index (χ2n) is 7.81. The summed E-state index contributed by atoms with van der Waals surface area (Å²) >= 11 is 0. The molecule has 1 atom stereocenters. The molecule has 1 unspecified atom stereocenters. The molecule has 1 heterocycles. The molecular weight excluding hydrogens is 531 g/mol. The number of ether oxygens (including phenoxy) is 1. The van der Waals surface area contributed by atoms with Crippen LogP contribution in [0.4, 0.5) is 0 Å². The van der Waals surface area contributed by atoms with E-state index in [2.05, 4.69) is 20.6 Å². The average molecular weight is 564 g/mol. The lowest BCUT2D eigenvalue weighted by atomic mass is 10.1. The highest BCUT2D eigenvalue weighted by Crippen LogP contribution is 2.21. The standard InChI is InChI=1S/C25H32N4O3.HI/c1-5-26-25(28-14-22(30)19-10-12-21(13-11-19)31-17(2)3)29-16-24-27-15-23(32-24)20-8-6-18(4)7-9-20;/h6-13,15,17,22,30H,5,14,16H2,1-4H3,(H2,26,28,29);1H. The van der Waals surface area contributed by atoms with E-state index in [1.165, 1.54) is 5.56 Å². The fourth-order valence-corrected chi connectivity index (χ4v) is 3.07. The van der Waals surface area contributed by atoms with Gasteiger partial charge in [-0.3, -0.25) is 0 Å². The third-order valence-corrected chi connectivity index (χ3v) is 4.71. The van der Waals surface area contributed by atoms with E-state index in [1.807, 2.05) is 76.2 Å². The average Bonchev–Trinajstić information content (AvgIpc) is 3.25. The van der Waals surface area contributed by atoms with Gasteiger partial charge in [-0.25, -0.2) is 9.98 Å². The lowest BCUT2D eigenvalue weighted by Gasteiger charge is -2.16. The molecule has 1 aromatic heterocycles. The summed E-state index contributed by atoms with van der Waals surface area (Å²) in [5, 5.41) is 16.9. The van der Waals surface area contributed by atoms with Crippen molar-refractivity contribution in [2.75, 3.05) is 13.1 Å². The SMILES string of the molecule is CCNC(=NCc1ncc(-c2ccc(C)cc2)o1)NCC(O)c1ccc(OC(C)C)cc1.I. The van der Waals surface area contributed by atoms with Gasteiger partial charge >= 0.3 is 0 Å². The molecule has 3 N–H and O–H groups in total. The number of aryl methyl sites for hydroxylation is 1. The van der Waals surface area contributed by atoms with Crippen LogP contribution in [0.5, 0.6) is 5.75 Å². The molecule has 0 amide bonds. The van der Waals surface area contributed by atoms with Crippen LogP contribution in [-0.2, 0) is 6.54 Å². The number of nitrogens with one attached hydrogen (secondary N) is 2.